The van der Waals surface area contributed by atoms with Crippen LogP contribution in [0.3, 0.4) is 0 Å². The van der Waals surface area contributed by atoms with E-state index in [1.165, 1.54) is 12.1 Å². The van der Waals surface area contributed by atoms with Gasteiger partial charge in [-0.05, 0) is 24.0 Å². The Kier molecular flexibility index (Phi) is 6.54. The van der Waals surface area contributed by atoms with E-state index in [1.807, 2.05) is 13.8 Å². The molecule has 0 saturated carbocycles. The lowest BCUT2D eigenvalue weighted by Gasteiger charge is -2.21. The molecule has 1 aromatic rings. The molecule has 0 bridgehead atoms. The first kappa shape index (κ1) is 18.8. The van der Waals surface area contributed by atoms with Crippen LogP contribution in [-0.2, 0) is 21.0 Å². The number of rotatable bonds is 5. The van der Waals surface area contributed by atoms with E-state index in [9.17, 15) is 14.1 Å². The third kappa shape index (κ3) is 4.59. The second-order valence-electron chi connectivity index (χ2n) is 5.03. The number of halogens is 3. The number of hydrogen-bond acceptors (Lipinski definition) is 2. The average molecular weight is 372 g/mol. The first-order chi connectivity index (χ1) is 9.59. The van der Waals surface area contributed by atoms with E-state index in [-0.39, 0.29) is 17.0 Å². The molecule has 1 aromatic carbocycles. The van der Waals surface area contributed by atoms with Crippen LogP contribution in [0.25, 0.3) is 0 Å². The number of carboxylic acid groups (broad SMARTS) is 1. The fourth-order valence-electron chi connectivity index (χ4n) is 2.05. The van der Waals surface area contributed by atoms with Crippen molar-refractivity contribution in [3.63, 3.8) is 0 Å². The van der Waals surface area contributed by atoms with E-state index in [2.05, 4.69) is 0 Å². The summed E-state index contributed by atoms with van der Waals surface area (Å²) >= 11 is 17.9. The molecule has 1 N–H and O–H groups in total. The summed E-state index contributed by atoms with van der Waals surface area (Å²) in [6.07, 6.45) is 0.398. The first-order valence-electron chi connectivity index (χ1n) is 6.44. The van der Waals surface area contributed by atoms with Crippen molar-refractivity contribution in [1.29, 1.82) is 0 Å². The Labute approximate surface area is 142 Å². The largest absolute Gasteiger partial charge is 0.478 e. The lowest BCUT2D eigenvalue weighted by Crippen LogP contribution is -2.16. The Morgan fingerprint density at radius 2 is 1.90 bits per heavy atom. The predicted molar refractivity (Wildman–Crippen MR) is 88.1 cm³/mol. The van der Waals surface area contributed by atoms with E-state index in [0.29, 0.717) is 22.6 Å². The van der Waals surface area contributed by atoms with Gasteiger partial charge in [0, 0.05) is 11.3 Å². The Hall–Kier alpha value is -0.290. The molecule has 0 unspecified atom stereocenters. The van der Waals surface area contributed by atoms with Crippen LogP contribution in [-0.4, -0.2) is 21.0 Å². The molecule has 0 amide bonds. The van der Waals surface area contributed by atoms with Gasteiger partial charge in [0.1, 0.15) is 0 Å². The Bertz CT molecular complexity index is 565. The maximum Gasteiger partial charge on any atom is 0.336 e. The SMILES string of the molecule is CCc1c(C(=O)O)ccc(C(Cl)(Cl)Cl)c1[S@@](=O)CC(C)C. The van der Waals surface area contributed by atoms with Gasteiger partial charge in [0.2, 0.25) is 3.79 Å². The number of carboxylic acids is 1. The van der Waals surface area contributed by atoms with Crippen LogP contribution in [0.15, 0.2) is 17.0 Å². The van der Waals surface area contributed by atoms with Gasteiger partial charge in [-0.2, -0.15) is 0 Å². The van der Waals surface area contributed by atoms with E-state index >= 15 is 0 Å². The van der Waals surface area contributed by atoms with E-state index in [1.54, 1.807) is 6.92 Å². The molecule has 1 atom stereocenters. The number of aromatic carboxylic acids is 1. The van der Waals surface area contributed by atoms with Crippen LogP contribution in [0.2, 0.25) is 0 Å². The lowest BCUT2D eigenvalue weighted by atomic mass is 10.0. The summed E-state index contributed by atoms with van der Waals surface area (Å²) in [5, 5.41) is 9.28. The summed E-state index contributed by atoms with van der Waals surface area (Å²) in [5.74, 6) is -0.526. The smallest absolute Gasteiger partial charge is 0.336 e. The molecule has 0 fully saturated rings. The number of carbonyl (C=O) groups is 1. The van der Waals surface area contributed by atoms with Crippen LogP contribution < -0.4 is 0 Å². The highest BCUT2D eigenvalue weighted by atomic mass is 35.6. The van der Waals surface area contributed by atoms with Crippen LogP contribution in [0, 0.1) is 5.92 Å². The zero-order valence-corrected chi connectivity index (χ0v) is 15.0. The minimum Gasteiger partial charge on any atom is -0.478 e. The topological polar surface area (TPSA) is 54.4 Å². The quantitative estimate of drug-likeness (QED) is 0.773. The van der Waals surface area contributed by atoms with Crippen LogP contribution in [0.4, 0.5) is 0 Å². The minimum absolute atomic E-state index is 0.0996. The van der Waals surface area contributed by atoms with E-state index in [0.717, 1.165) is 0 Å². The van der Waals surface area contributed by atoms with Crippen LogP contribution >= 0.6 is 34.8 Å². The van der Waals surface area contributed by atoms with Gasteiger partial charge in [0.05, 0.1) is 21.3 Å². The zero-order chi connectivity index (χ0) is 16.4. The molecule has 0 aliphatic rings. The molecular formula is C14H17Cl3O3S. The Balaban J connectivity index is 3.62. The summed E-state index contributed by atoms with van der Waals surface area (Å²) in [5.41, 5.74) is 0.848. The van der Waals surface area contributed by atoms with Crippen molar-refractivity contribution in [3.8, 4) is 0 Å². The molecule has 21 heavy (non-hydrogen) atoms. The third-order valence-electron chi connectivity index (χ3n) is 2.86. The highest BCUT2D eigenvalue weighted by molar-refractivity contribution is 7.85. The molecule has 1 rings (SSSR count). The summed E-state index contributed by atoms with van der Waals surface area (Å²) in [7, 11) is -1.43. The van der Waals surface area contributed by atoms with Gasteiger partial charge in [-0.3, -0.25) is 4.21 Å². The van der Waals surface area contributed by atoms with Gasteiger partial charge in [0.15, 0.2) is 0 Å². The van der Waals surface area contributed by atoms with Gasteiger partial charge in [0.25, 0.3) is 0 Å². The summed E-state index contributed by atoms with van der Waals surface area (Å²) in [6, 6.07) is 2.83. The summed E-state index contributed by atoms with van der Waals surface area (Å²) < 4.78 is 10.9. The normalized spacial score (nSPS) is 13.5. The Morgan fingerprint density at radius 3 is 2.29 bits per heavy atom. The van der Waals surface area contributed by atoms with E-state index in [4.69, 9.17) is 34.8 Å². The first-order valence-corrected chi connectivity index (χ1v) is 8.89. The number of benzene rings is 1. The van der Waals surface area contributed by atoms with Crippen molar-refractivity contribution in [2.75, 3.05) is 5.75 Å². The van der Waals surface area contributed by atoms with Crippen LogP contribution in [0.5, 0.6) is 0 Å². The molecule has 3 nitrogen and oxygen atoms in total. The third-order valence-corrected chi connectivity index (χ3v) is 5.36. The maximum absolute atomic E-state index is 12.6. The van der Waals surface area contributed by atoms with Crippen molar-refractivity contribution in [2.24, 2.45) is 5.92 Å². The molecular weight excluding hydrogens is 355 g/mol. The highest BCUT2D eigenvalue weighted by Crippen LogP contribution is 2.43. The van der Waals surface area contributed by atoms with Crippen molar-refractivity contribution in [3.05, 3.63) is 28.8 Å². The molecule has 0 aromatic heterocycles. The molecule has 7 heteroatoms. The number of hydrogen-bond donors (Lipinski definition) is 1. The van der Waals surface area contributed by atoms with Gasteiger partial charge in [-0.25, -0.2) is 4.79 Å². The molecule has 0 aliphatic heterocycles. The second kappa shape index (κ2) is 7.32. The minimum atomic E-state index is -1.75. The van der Waals surface area contributed by atoms with Crippen molar-refractivity contribution < 1.29 is 14.1 Å². The van der Waals surface area contributed by atoms with Crippen molar-refractivity contribution >= 4 is 51.6 Å². The summed E-state index contributed by atoms with van der Waals surface area (Å²) in [6.45, 7) is 5.65. The maximum atomic E-state index is 12.6. The molecule has 0 spiro atoms. The lowest BCUT2D eigenvalue weighted by molar-refractivity contribution is 0.0695. The molecule has 0 saturated heterocycles. The molecule has 118 valence electrons. The van der Waals surface area contributed by atoms with Crippen LogP contribution in [0.1, 0.15) is 42.3 Å². The van der Waals surface area contributed by atoms with Crippen molar-refractivity contribution in [1.82, 2.24) is 0 Å². The predicted octanol–water partition coefficient (Wildman–Crippen LogP) is 4.54. The number of alkyl halides is 3. The zero-order valence-electron chi connectivity index (χ0n) is 12.0. The average Bonchev–Trinajstić information content (AvgIpc) is 2.34. The standard InChI is InChI=1S/C14H17Cl3O3S/c1-4-9-10(13(18)19)5-6-11(14(15,16)17)12(9)21(20)7-8(2)3/h5-6,8H,4,7H2,1-3H3,(H,18,19)/t21-/m0/s1. The van der Waals surface area contributed by atoms with Gasteiger partial charge < -0.3 is 5.11 Å². The second-order valence-corrected chi connectivity index (χ2v) is 8.74. The highest BCUT2D eigenvalue weighted by Gasteiger charge is 2.31. The Morgan fingerprint density at radius 1 is 1.33 bits per heavy atom. The molecule has 0 heterocycles. The van der Waals surface area contributed by atoms with Gasteiger partial charge >= 0.3 is 5.97 Å². The van der Waals surface area contributed by atoms with E-state index < -0.39 is 20.6 Å². The fraction of sp³-hybridized carbons (Fsp3) is 0.500. The summed E-state index contributed by atoms with van der Waals surface area (Å²) in [4.78, 5) is 11.7. The fourth-order valence-corrected chi connectivity index (χ4v) is 4.46. The monoisotopic (exact) mass is 370 g/mol. The van der Waals surface area contributed by atoms with Gasteiger partial charge in [-0.1, -0.05) is 61.6 Å². The molecule has 0 aliphatic carbocycles. The van der Waals surface area contributed by atoms with Gasteiger partial charge in [-0.15, -0.1) is 0 Å². The van der Waals surface area contributed by atoms with Crippen molar-refractivity contribution in [2.45, 2.75) is 35.9 Å². The molecule has 0 radical (unpaired) electrons.